The first-order valence-corrected chi connectivity index (χ1v) is 7.72. The molecule has 0 fully saturated rings. The number of nitrogens with zero attached hydrogens (tertiary/aromatic N) is 2. The molecular formula is C18H18FN3. The number of allylic oxidation sites excluding steroid dienone is 2. The van der Waals surface area contributed by atoms with Crippen LogP contribution < -0.4 is 5.32 Å². The number of aryl methyl sites for hydroxylation is 1. The molecule has 2 aliphatic rings. The van der Waals surface area contributed by atoms with Crippen molar-refractivity contribution in [3.63, 3.8) is 0 Å². The number of rotatable bonds is 2. The van der Waals surface area contributed by atoms with Crippen molar-refractivity contribution < 1.29 is 4.39 Å². The van der Waals surface area contributed by atoms with Crippen molar-refractivity contribution in [3.8, 4) is 11.3 Å². The molecule has 0 saturated heterocycles. The number of aromatic nitrogens is 2. The molecule has 0 spiro atoms. The monoisotopic (exact) mass is 295 g/mol. The lowest BCUT2D eigenvalue weighted by Gasteiger charge is -2.17. The summed E-state index contributed by atoms with van der Waals surface area (Å²) >= 11 is 0. The van der Waals surface area contributed by atoms with Gasteiger partial charge in [0.1, 0.15) is 11.6 Å². The largest absolute Gasteiger partial charge is 0.385 e. The molecule has 1 aromatic carbocycles. The molecule has 2 aliphatic heterocycles. The molecular weight excluding hydrogens is 277 g/mol. The number of hydrogen-bond acceptors (Lipinski definition) is 2. The van der Waals surface area contributed by atoms with Gasteiger partial charge in [-0.1, -0.05) is 6.08 Å². The van der Waals surface area contributed by atoms with Gasteiger partial charge in [-0.2, -0.15) is 0 Å². The van der Waals surface area contributed by atoms with E-state index in [1.54, 1.807) is 0 Å². The fourth-order valence-corrected chi connectivity index (χ4v) is 3.25. The molecule has 1 N–H and O–H groups in total. The fraction of sp³-hybridized carbons (Fsp3) is 0.278. The van der Waals surface area contributed by atoms with E-state index in [4.69, 9.17) is 4.98 Å². The molecule has 0 unspecified atom stereocenters. The van der Waals surface area contributed by atoms with E-state index in [-0.39, 0.29) is 5.82 Å². The highest BCUT2D eigenvalue weighted by molar-refractivity contribution is 5.83. The van der Waals surface area contributed by atoms with Crippen LogP contribution in [0, 0.1) is 5.82 Å². The lowest BCUT2D eigenvalue weighted by molar-refractivity contribution is 0.628. The Bertz CT molecular complexity index is 768. The molecule has 1 aromatic heterocycles. The molecule has 0 saturated carbocycles. The molecule has 0 amide bonds. The second-order valence-electron chi connectivity index (χ2n) is 5.90. The molecule has 0 radical (unpaired) electrons. The van der Waals surface area contributed by atoms with Gasteiger partial charge in [-0.05, 0) is 55.5 Å². The van der Waals surface area contributed by atoms with E-state index in [0.717, 1.165) is 42.2 Å². The summed E-state index contributed by atoms with van der Waals surface area (Å²) in [6.45, 7) is 3.13. The number of imidazole rings is 1. The SMILES string of the molecule is C[C@@H]1C=C(c2c(-c3ccc(F)cc3)nc3n2CCC3)C=CN1. The Morgan fingerprint density at radius 2 is 2.09 bits per heavy atom. The molecule has 22 heavy (non-hydrogen) atoms. The third-order valence-electron chi connectivity index (χ3n) is 4.27. The Balaban J connectivity index is 1.89. The summed E-state index contributed by atoms with van der Waals surface area (Å²) in [6, 6.07) is 6.92. The standard InChI is InChI=1S/C18H18FN3/c1-12-11-14(8-9-20-12)18-17(13-4-6-15(19)7-5-13)21-16-3-2-10-22(16)18/h4-9,11-12,20H,2-3,10H2,1H3/t12-/m1/s1. The first-order valence-electron chi connectivity index (χ1n) is 7.72. The van der Waals surface area contributed by atoms with Crippen LogP contribution in [0.2, 0.25) is 0 Å². The number of halogens is 1. The third-order valence-corrected chi connectivity index (χ3v) is 4.27. The molecule has 3 heterocycles. The van der Waals surface area contributed by atoms with Crippen LogP contribution in [-0.4, -0.2) is 15.6 Å². The molecule has 4 rings (SSSR count). The summed E-state index contributed by atoms with van der Waals surface area (Å²) in [5, 5.41) is 3.27. The van der Waals surface area contributed by atoms with Crippen LogP contribution in [0.25, 0.3) is 16.8 Å². The van der Waals surface area contributed by atoms with E-state index in [9.17, 15) is 4.39 Å². The minimum Gasteiger partial charge on any atom is -0.385 e. The highest BCUT2D eigenvalue weighted by Crippen LogP contribution is 2.34. The Kier molecular flexibility index (Phi) is 3.10. The van der Waals surface area contributed by atoms with E-state index in [0.29, 0.717) is 6.04 Å². The maximum absolute atomic E-state index is 13.2. The Morgan fingerprint density at radius 3 is 2.86 bits per heavy atom. The molecule has 112 valence electrons. The van der Waals surface area contributed by atoms with Crippen molar-refractivity contribution >= 4 is 5.57 Å². The predicted octanol–water partition coefficient (Wildman–Crippen LogP) is 3.52. The van der Waals surface area contributed by atoms with Crippen LogP contribution in [0.1, 0.15) is 24.9 Å². The average Bonchev–Trinajstić information content (AvgIpc) is 3.08. The van der Waals surface area contributed by atoms with Gasteiger partial charge in [0, 0.05) is 24.6 Å². The summed E-state index contributed by atoms with van der Waals surface area (Å²) in [4.78, 5) is 4.84. The first-order chi connectivity index (χ1) is 10.7. The fourth-order valence-electron chi connectivity index (χ4n) is 3.25. The van der Waals surface area contributed by atoms with Crippen molar-refractivity contribution in [2.24, 2.45) is 0 Å². The molecule has 3 nitrogen and oxygen atoms in total. The minimum atomic E-state index is -0.216. The zero-order valence-electron chi connectivity index (χ0n) is 12.5. The lowest BCUT2D eigenvalue weighted by Crippen LogP contribution is -2.21. The molecule has 0 bridgehead atoms. The van der Waals surface area contributed by atoms with E-state index in [1.807, 2.05) is 18.3 Å². The Labute approximate surface area is 129 Å². The minimum absolute atomic E-state index is 0.216. The molecule has 1 atom stereocenters. The normalized spacial score (nSPS) is 19.7. The van der Waals surface area contributed by atoms with Gasteiger partial charge in [0.2, 0.25) is 0 Å². The number of fused-ring (bicyclic) bond motifs is 1. The second kappa shape index (κ2) is 5.13. The van der Waals surface area contributed by atoms with E-state index >= 15 is 0 Å². The van der Waals surface area contributed by atoms with Crippen molar-refractivity contribution in [2.75, 3.05) is 0 Å². The summed E-state index contributed by atoms with van der Waals surface area (Å²) in [7, 11) is 0. The van der Waals surface area contributed by atoms with Crippen molar-refractivity contribution in [1.82, 2.24) is 14.9 Å². The quantitative estimate of drug-likeness (QED) is 0.918. The Hall–Kier alpha value is -2.36. The van der Waals surface area contributed by atoms with Gasteiger partial charge in [0.15, 0.2) is 0 Å². The summed E-state index contributed by atoms with van der Waals surface area (Å²) in [5.41, 5.74) is 4.27. The van der Waals surface area contributed by atoms with Crippen LogP contribution in [0.3, 0.4) is 0 Å². The molecule has 2 aromatic rings. The predicted molar refractivity (Wildman–Crippen MR) is 85.7 cm³/mol. The van der Waals surface area contributed by atoms with Gasteiger partial charge < -0.3 is 9.88 Å². The van der Waals surface area contributed by atoms with Gasteiger partial charge in [0.25, 0.3) is 0 Å². The maximum Gasteiger partial charge on any atom is 0.123 e. The molecule has 0 aliphatic carbocycles. The maximum atomic E-state index is 13.2. The van der Waals surface area contributed by atoms with E-state index < -0.39 is 0 Å². The van der Waals surface area contributed by atoms with Crippen molar-refractivity contribution in [3.05, 3.63) is 60.0 Å². The highest BCUT2D eigenvalue weighted by Gasteiger charge is 2.24. The van der Waals surface area contributed by atoms with E-state index in [1.165, 1.54) is 17.7 Å². The van der Waals surface area contributed by atoms with Gasteiger partial charge in [-0.3, -0.25) is 0 Å². The lowest BCUT2D eigenvalue weighted by atomic mass is 10.0. The van der Waals surface area contributed by atoms with Crippen LogP contribution in [0.4, 0.5) is 4.39 Å². The summed E-state index contributed by atoms with van der Waals surface area (Å²) in [5.74, 6) is 0.918. The first kappa shape index (κ1) is 13.3. The van der Waals surface area contributed by atoms with Crippen LogP contribution in [-0.2, 0) is 13.0 Å². The number of hydrogen-bond donors (Lipinski definition) is 1. The second-order valence-corrected chi connectivity index (χ2v) is 5.90. The van der Waals surface area contributed by atoms with Gasteiger partial charge in [-0.25, -0.2) is 9.37 Å². The third kappa shape index (κ3) is 2.15. The summed E-state index contributed by atoms with van der Waals surface area (Å²) < 4.78 is 15.5. The van der Waals surface area contributed by atoms with Crippen LogP contribution in [0.15, 0.2) is 42.6 Å². The highest BCUT2D eigenvalue weighted by atomic mass is 19.1. The zero-order chi connectivity index (χ0) is 15.1. The average molecular weight is 295 g/mol. The van der Waals surface area contributed by atoms with Crippen molar-refractivity contribution in [1.29, 1.82) is 0 Å². The van der Waals surface area contributed by atoms with E-state index in [2.05, 4.69) is 29.0 Å². The smallest absolute Gasteiger partial charge is 0.123 e. The van der Waals surface area contributed by atoms with Crippen LogP contribution >= 0.6 is 0 Å². The van der Waals surface area contributed by atoms with Gasteiger partial charge >= 0.3 is 0 Å². The van der Waals surface area contributed by atoms with Gasteiger partial charge in [0.05, 0.1) is 11.4 Å². The topological polar surface area (TPSA) is 29.9 Å². The number of benzene rings is 1. The zero-order valence-corrected chi connectivity index (χ0v) is 12.5. The van der Waals surface area contributed by atoms with Crippen molar-refractivity contribution in [2.45, 2.75) is 32.4 Å². The van der Waals surface area contributed by atoms with Gasteiger partial charge in [-0.15, -0.1) is 0 Å². The van der Waals surface area contributed by atoms with Crippen LogP contribution in [0.5, 0.6) is 0 Å². The number of dihydropyridines is 1. The number of nitrogens with one attached hydrogen (secondary N) is 1. The summed E-state index contributed by atoms with van der Waals surface area (Å²) in [6.07, 6.45) is 8.46. The Morgan fingerprint density at radius 1 is 1.27 bits per heavy atom. The molecule has 4 heteroatoms.